The molecule has 0 saturated carbocycles. The molecular formula is C18H35NaO4. The van der Waals surface area contributed by atoms with Gasteiger partial charge in [-0.15, -0.1) is 0 Å². The monoisotopic (exact) mass is 338 g/mol. The number of hydrogen-bond acceptors (Lipinski definition) is 3. The van der Waals surface area contributed by atoms with Gasteiger partial charge in [0.05, 0.1) is 6.10 Å². The fourth-order valence-corrected chi connectivity index (χ4v) is 2.36. The van der Waals surface area contributed by atoms with Crippen LogP contribution in [-0.2, 0) is 4.79 Å². The number of hydrogen-bond donors (Lipinski definition) is 2. The standard InChI is InChI=1S/C18H34O3.Na.H2O/c1-2-3-4-11-14-17(19)15-12-9-7-5-6-8-10-13-16-18(20)21;;/h9,12,17,19H,2-8,10-11,13-16H2,1H3,(H,20,21);;1H2/q;+1;/p-1/b12-9-;;. The van der Waals surface area contributed by atoms with Crippen LogP contribution in [0.4, 0.5) is 0 Å². The van der Waals surface area contributed by atoms with Crippen LogP contribution in [0.1, 0.15) is 90.4 Å². The third kappa shape index (κ3) is 24.5. The number of allylic oxidation sites excluding steroid dienone is 1. The van der Waals surface area contributed by atoms with Gasteiger partial charge in [-0.2, -0.15) is 0 Å². The second kappa shape index (κ2) is 22.1. The number of aliphatic carboxylic acids is 1. The molecule has 0 rings (SSSR count). The summed E-state index contributed by atoms with van der Waals surface area (Å²) in [4.78, 5) is 10.3. The van der Waals surface area contributed by atoms with Crippen molar-refractivity contribution in [1.82, 2.24) is 0 Å². The summed E-state index contributed by atoms with van der Waals surface area (Å²) in [6.45, 7) is 2.20. The molecular weight excluding hydrogens is 303 g/mol. The largest absolute Gasteiger partial charge is 1.00 e. The molecule has 1 atom stereocenters. The molecule has 0 bridgehead atoms. The Labute approximate surface area is 164 Å². The van der Waals surface area contributed by atoms with E-state index in [1.807, 2.05) is 0 Å². The van der Waals surface area contributed by atoms with E-state index in [0.717, 1.165) is 51.4 Å². The first-order valence-corrected chi connectivity index (χ1v) is 8.71. The molecule has 0 aliphatic rings. The molecule has 132 valence electrons. The minimum Gasteiger partial charge on any atom is -0.870 e. The Morgan fingerprint density at radius 3 is 2.22 bits per heavy atom. The van der Waals surface area contributed by atoms with E-state index in [4.69, 9.17) is 5.11 Å². The Hall–Kier alpha value is 0.130. The average Bonchev–Trinajstić information content (AvgIpc) is 2.45. The average molecular weight is 338 g/mol. The van der Waals surface area contributed by atoms with Gasteiger partial charge in [0.2, 0.25) is 0 Å². The van der Waals surface area contributed by atoms with Gasteiger partial charge in [-0.3, -0.25) is 4.79 Å². The molecule has 4 nitrogen and oxygen atoms in total. The Bertz CT molecular complexity index is 270. The van der Waals surface area contributed by atoms with Crippen molar-refractivity contribution in [1.29, 1.82) is 0 Å². The van der Waals surface area contributed by atoms with Crippen LogP contribution in [0.2, 0.25) is 0 Å². The zero-order valence-corrected chi connectivity index (χ0v) is 17.2. The van der Waals surface area contributed by atoms with E-state index in [1.165, 1.54) is 25.7 Å². The quantitative estimate of drug-likeness (QED) is 0.271. The maximum Gasteiger partial charge on any atom is 1.00 e. The SMILES string of the molecule is CCCCCCC(O)C/C=C\CCCCCCCC(=O)O.[Na+].[OH-]. The van der Waals surface area contributed by atoms with E-state index in [-0.39, 0.29) is 41.1 Å². The van der Waals surface area contributed by atoms with Crippen LogP contribution < -0.4 is 29.6 Å². The van der Waals surface area contributed by atoms with Gasteiger partial charge in [0.25, 0.3) is 0 Å². The number of carboxylic acid groups (broad SMARTS) is 1. The maximum atomic E-state index is 10.3. The van der Waals surface area contributed by atoms with Crippen LogP contribution >= 0.6 is 0 Å². The zero-order chi connectivity index (χ0) is 15.8. The Morgan fingerprint density at radius 2 is 1.57 bits per heavy atom. The van der Waals surface area contributed by atoms with Gasteiger partial charge in [0.15, 0.2) is 0 Å². The number of aliphatic hydroxyl groups excluding tert-OH is 1. The smallest absolute Gasteiger partial charge is 0.870 e. The van der Waals surface area contributed by atoms with Crippen molar-refractivity contribution in [3.8, 4) is 0 Å². The first-order chi connectivity index (χ1) is 10.2. The summed E-state index contributed by atoms with van der Waals surface area (Å²) < 4.78 is 0. The van der Waals surface area contributed by atoms with Crippen molar-refractivity contribution in [2.45, 2.75) is 96.5 Å². The van der Waals surface area contributed by atoms with Crippen molar-refractivity contribution in [2.24, 2.45) is 0 Å². The van der Waals surface area contributed by atoms with Gasteiger partial charge in [-0.25, -0.2) is 0 Å². The Morgan fingerprint density at radius 1 is 0.957 bits per heavy atom. The van der Waals surface area contributed by atoms with Gasteiger partial charge in [-0.1, -0.05) is 64.0 Å². The van der Waals surface area contributed by atoms with Crippen molar-refractivity contribution in [3.63, 3.8) is 0 Å². The molecule has 0 heterocycles. The summed E-state index contributed by atoms with van der Waals surface area (Å²) in [7, 11) is 0. The summed E-state index contributed by atoms with van der Waals surface area (Å²) >= 11 is 0. The molecule has 0 amide bonds. The summed E-state index contributed by atoms with van der Waals surface area (Å²) in [5, 5.41) is 18.3. The number of carboxylic acids is 1. The summed E-state index contributed by atoms with van der Waals surface area (Å²) in [5.74, 6) is -0.689. The molecule has 0 fully saturated rings. The summed E-state index contributed by atoms with van der Waals surface area (Å²) in [6.07, 6.45) is 17.4. The molecule has 0 radical (unpaired) electrons. The van der Waals surface area contributed by atoms with Gasteiger partial charge >= 0.3 is 35.5 Å². The van der Waals surface area contributed by atoms with Crippen LogP contribution in [0.25, 0.3) is 0 Å². The van der Waals surface area contributed by atoms with Crippen LogP contribution in [0, 0.1) is 0 Å². The molecule has 0 aromatic rings. The number of aliphatic hydroxyl groups is 1. The predicted molar refractivity (Wildman–Crippen MR) is 90.4 cm³/mol. The summed E-state index contributed by atoms with van der Waals surface area (Å²) in [5.41, 5.74) is 0. The van der Waals surface area contributed by atoms with E-state index >= 15 is 0 Å². The molecule has 0 spiro atoms. The van der Waals surface area contributed by atoms with E-state index in [0.29, 0.717) is 6.42 Å². The predicted octanol–water partition coefficient (Wildman–Crippen LogP) is 1.91. The Kier molecular flexibility index (Phi) is 26.9. The van der Waals surface area contributed by atoms with Gasteiger partial charge in [0, 0.05) is 6.42 Å². The van der Waals surface area contributed by atoms with Crippen molar-refractivity contribution in [2.75, 3.05) is 0 Å². The van der Waals surface area contributed by atoms with Crippen molar-refractivity contribution >= 4 is 5.97 Å². The molecule has 23 heavy (non-hydrogen) atoms. The van der Waals surface area contributed by atoms with Crippen LogP contribution in [0.5, 0.6) is 0 Å². The zero-order valence-electron chi connectivity index (χ0n) is 15.2. The van der Waals surface area contributed by atoms with E-state index < -0.39 is 5.97 Å². The number of rotatable bonds is 15. The molecule has 3 N–H and O–H groups in total. The fourth-order valence-electron chi connectivity index (χ4n) is 2.36. The fraction of sp³-hybridized carbons (Fsp3) is 0.833. The molecule has 0 saturated heterocycles. The first-order valence-electron chi connectivity index (χ1n) is 8.71. The third-order valence-electron chi connectivity index (χ3n) is 3.73. The molecule has 5 heteroatoms. The van der Waals surface area contributed by atoms with Gasteiger partial charge < -0.3 is 15.7 Å². The first kappa shape index (κ1) is 28.0. The maximum absolute atomic E-state index is 10.3. The van der Waals surface area contributed by atoms with Gasteiger partial charge in [0.1, 0.15) is 0 Å². The normalized spacial score (nSPS) is 11.7. The van der Waals surface area contributed by atoms with Crippen molar-refractivity contribution in [3.05, 3.63) is 12.2 Å². The van der Waals surface area contributed by atoms with Crippen molar-refractivity contribution < 1.29 is 50.0 Å². The topological polar surface area (TPSA) is 87.5 Å². The Balaban J connectivity index is -0.00000200. The number of carbonyl (C=O) groups is 1. The number of unbranched alkanes of at least 4 members (excludes halogenated alkanes) is 8. The molecule has 1 unspecified atom stereocenters. The minimum absolute atomic E-state index is 0. The molecule has 0 aromatic heterocycles. The van der Waals surface area contributed by atoms with E-state index in [9.17, 15) is 9.90 Å². The third-order valence-corrected chi connectivity index (χ3v) is 3.73. The van der Waals surface area contributed by atoms with Crippen LogP contribution in [0.3, 0.4) is 0 Å². The second-order valence-corrected chi connectivity index (χ2v) is 5.91. The van der Waals surface area contributed by atoms with Crippen LogP contribution in [0.15, 0.2) is 12.2 Å². The summed E-state index contributed by atoms with van der Waals surface area (Å²) in [6, 6.07) is 0. The molecule has 0 aromatic carbocycles. The molecule has 0 aliphatic heterocycles. The van der Waals surface area contributed by atoms with E-state index in [1.54, 1.807) is 0 Å². The van der Waals surface area contributed by atoms with Crippen LogP contribution in [-0.4, -0.2) is 27.8 Å². The van der Waals surface area contributed by atoms with E-state index in [2.05, 4.69) is 19.1 Å². The second-order valence-electron chi connectivity index (χ2n) is 5.91. The molecule has 0 aliphatic carbocycles. The minimum atomic E-state index is -0.689. The van der Waals surface area contributed by atoms with Gasteiger partial charge in [-0.05, 0) is 32.1 Å².